The second-order valence-corrected chi connectivity index (χ2v) is 8.58. The van der Waals surface area contributed by atoms with E-state index in [4.69, 9.17) is 4.74 Å². The average Bonchev–Trinajstić information content (AvgIpc) is 3.16. The number of nitrogens with one attached hydrogen (secondary N) is 1. The van der Waals surface area contributed by atoms with Crippen molar-refractivity contribution in [1.29, 1.82) is 0 Å². The van der Waals surface area contributed by atoms with Crippen LogP contribution in [0, 0.1) is 11.7 Å². The van der Waals surface area contributed by atoms with Gasteiger partial charge in [-0.05, 0) is 75.3 Å². The first-order valence-electron chi connectivity index (χ1n) is 10.4. The van der Waals surface area contributed by atoms with Crippen LogP contribution in [-0.2, 0) is 4.79 Å². The summed E-state index contributed by atoms with van der Waals surface area (Å²) in [6.07, 6.45) is 1.37. The molecular formula is C23H24FN3O3S. The number of ether oxygens (including phenoxy) is 1. The summed E-state index contributed by atoms with van der Waals surface area (Å²) >= 11 is 1.42. The number of ketones is 1. The van der Waals surface area contributed by atoms with Gasteiger partial charge in [-0.25, -0.2) is 9.37 Å². The van der Waals surface area contributed by atoms with Crippen LogP contribution in [0.4, 0.5) is 9.52 Å². The number of anilines is 1. The molecule has 1 fully saturated rings. The third-order valence-corrected chi connectivity index (χ3v) is 6.31. The Labute approximate surface area is 184 Å². The zero-order chi connectivity index (χ0) is 21.8. The maximum absolute atomic E-state index is 13.1. The Balaban J connectivity index is 1.28. The summed E-state index contributed by atoms with van der Waals surface area (Å²) in [5.41, 5.74) is 1.37. The number of benzene rings is 2. The van der Waals surface area contributed by atoms with E-state index in [1.54, 1.807) is 0 Å². The summed E-state index contributed by atoms with van der Waals surface area (Å²) in [5.74, 6) is 0.279. The molecule has 0 aliphatic carbocycles. The molecule has 1 N–H and O–H groups in total. The van der Waals surface area contributed by atoms with Gasteiger partial charge in [-0.3, -0.25) is 14.5 Å². The van der Waals surface area contributed by atoms with Crippen molar-refractivity contribution in [2.75, 3.05) is 31.6 Å². The normalized spacial score (nSPS) is 15.2. The highest BCUT2D eigenvalue weighted by molar-refractivity contribution is 7.22. The highest BCUT2D eigenvalue weighted by Crippen LogP contribution is 2.29. The second kappa shape index (κ2) is 9.53. The molecule has 3 aromatic rings. The molecule has 2 aromatic carbocycles. The second-order valence-electron chi connectivity index (χ2n) is 7.55. The van der Waals surface area contributed by atoms with Crippen LogP contribution < -0.4 is 10.1 Å². The largest absolute Gasteiger partial charge is 0.494 e. The van der Waals surface area contributed by atoms with Gasteiger partial charge < -0.3 is 10.1 Å². The lowest BCUT2D eigenvalue weighted by molar-refractivity contribution is -0.117. The van der Waals surface area contributed by atoms with Gasteiger partial charge in [-0.1, -0.05) is 11.3 Å². The quantitative estimate of drug-likeness (QED) is 0.552. The fraction of sp³-hybridized carbons (Fsp3) is 0.348. The van der Waals surface area contributed by atoms with E-state index in [0.29, 0.717) is 43.2 Å². The minimum absolute atomic E-state index is 0.0463. The number of hydrogen-bond acceptors (Lipinski definition) is 6. The molecule has 0 atom stereocenters. The van der Waals surface area contributed by atoms with Crippen LogP contribution >= 0.6 is 11.3 Å². The first kappa shape index (κ1) is 21.4. The number of piperidine rings is 1. The van der Waals surface area contributed by atoms with Crippen LogP contribution in [0.2, 0.25) is 0 Å². The fourth-order valence-corrected chi connectivity index (χ4v) is 4.69. The van der Waals surface area contributed by atoms with Gasteiger partial charge in [0, 0.05) is 11.5 Å². The number of rotatable bonds is 7. The van der Waals surface area contributed by atoms with Crippen molar-refractivity contribution >= 4 is 38.4 Å². The average molecular weight is 442 g/mol. The molecule has 2 heterocycles. The summed E-state index contributed by atoms with van der Waals surface area (Å²) < 4.78 is 19.5. The number of halogens is 1. The van der Waals surface area contributed by atoms with Crippen molar-refractivity contribution in [3.05, 3.63) is 53.8 Å². The van der Waals surface area contributed by atoms with Gasteiger partial charge in [0.15, 0.2) is 10.9 Å². The van der Waals surface area contributed by atoms with E-state index in [0.717, 1.165) is 16.0 Å². The maximum atomic E-state index is 13.1. The van der Waals surface area contributed by atoms with Crippen molar-refractivity contribution in [3.63, 3.8) is 0 Å². The molecule has 4 rings (SSSR count). The van der Waals surface area contributed by atoms with Crippen LogP contribution in [0.1, 0.15) is 30.1 Å². The number of amides is 1. The van der Waals surface area contributed by atoms with Gasteiger partial charge in [0.2, 0.25) is 5.91 Å². The number of aromatic nitrogens is 1. The molecule has 1 aliphatic heterocycles. The van der Waals surface area contributed by atoms with Crippen molar-refractivity contribution < 1.29 is 18.7 Å². The number of fused-ring (bicyclic) bond motifs is 1. The number of nitrogens with zero attached hydrogens (tertiary/aromatic N) is 2. The summed E-state index contributed by atoms with van der Waals surface area (Å²) in [7, 11) is 0. The summed E-state index contributed by atoms with van der Waals surface area (Å²) in [5, 5.41) is 3.44. The molecule has 162 valence electrons. The lowest BCUT2D eigenvalue weighted by Crippen LogP contribution is -2.40. The van der Waals surface area contributed by atoms with E-state index in [-0.39, 0.29) is 30.0 Å². The molecule has 1 aromatic heterocycles. The number of carbonyl (C=O) groups excluding carboxylic acids is 2. The molecule has 0 radical (unpaired) electrons. The summed E-state index contributed by atoms with van der Waals surface area (Å²) in [6.45, 7) is 4.13. The molecule has 0 unspecified atom stereocenters. The monoisotopic (exact) mass is 441 g/mol. The molecule has 6 nitrogen and oxygen atoms in total. The first-order valence-corrected chi connectivity index (χ1v) is 11.2. The van der Waals surface area contributed by atoms with Gasteiger partial charge in [0.1, 0.15) is 11.6 Å². The lowest BCUT2D eigenvalue weighted by Gasteiger charge is -2.30. The Kier molecular flexibility index (Phi) is 6.58. The molecular weight excluding hydrogens is 417 g/mol. The van der Waals surface area contributed by atoms with Gasteiger partial charge in [0.25, 0.3) is 0 Å². The summed E-state index contributed by atoms with van der Waals surface area (Å²) in [4.78, 5) is 31.6. The predicted octanol–water partition coefficient (Wildman–Crippen LogP) is 4.37. The lowest BCUT2D eigenvalue weighted by atomic mass is 9.89. The molecule has 0 spiro atoms. The first-order chi connectivity index (χ1) is 15.0. The third kappa shape index (κ3) is 5.26. The van der Waals surface area contributed by atoms with E-state index >= 15 is 0 Å². The number of thiazole rings is 1. The highest BCUT2D eigenvalue weighted by atomic mass is 32.1. The molecule has 1 amide bonds. The van der Waals surface area contributed by atoms with E-state index in [1.807, 2.05) is 30.0 Å². The molecule has 31 heavy (non-hydrogen) atoms. The smallest absolute Gasteiger partial charge is 0.240 e. The number of Topliss-reactive ketones (excluding diaryl/α,β-unsaturated/α-hetero) is 1. The SMILES string of the molecule is CCOc1ccc2nc(NC(=O)CN3CCC(C(=O)c4ccc(F)cc4)CC3)sc2c1. The zero-order valence-corrected chi connectivity index (χ0v) is 18.1. The minimum atomic E-state index is -0.347. The van der Waals surface area contributed by atoms with E-state index in [2.05, 4.69) is 10.3 Å². The Hall–Kier alpha value is -2.84. The molecule has 1 saturated heterocycles. The van der Waals surface area contributed by atoms with Crippen molar-refractivity contribution in [2.24, 2.45) is 5.92 Å². The van der Waals surface area contributed by atoms with Crippen molar-refractivity contribution in [1.82, 2.24) is 9.88 Å². The van der Waals surface area contributed by atoms with Crippen molar-refractivity contribution in [2.45, 2.75) is 19.8 Å². The van der Waals surface area contributed by atoms with E-state index in [1.165, 1.54) is 35.6 Å². The maximum Gasteiger partial charge on any atom is 0.240 e. The van der Waals surface area contributed by atoms with Crippen molar-refractivity contribution in [3.8, 4) is 5.75 Å². The van der Waals surface area contributed by atoms with E-state index in [9.17, 15) is 14.0 Å². The highest BCUT2D eigenvalue weighted by Gasteiger charge is 2.26. The Morgan fingerprint density at radius 3 is 2.65 bits per heavy atom. The number of hydrogen-bond donors (Lipinski definition) is 1. The zero-order valence-electron chi connectivity index (χ0n) is 17.3. The molecule has 0 saturated carbocycles. The Morgan fingerprint density at radius 1 is 1.19 bits per heavy atom. The van der Waals surface area contributed by atoms with Gasteiger partial charge >= 0.3 is 0 Å². The van der Waals surface area contributed by atoms with Crippen LogP contribution in [0.15, 0.2) is 42.5 Å². The van der Waals surface area contributed by atoms with E-state index < -0.39 is 0 Å². The predicted molar refractivity (Wildman–Crippen MR) is 119 cm³/mol. The molecule has 0 bridgehead atoms. The van der Waals surface area contributed by atoms with Crippen LogP contribution in [0.5, 0.6) is 5.75 Å². The van der Waals surface area contributed by atoms with Gasteiger partial charge in [-0.2, -0.15) is 0 Å². The van der Waals surface area contributed by atoms with Crippen LogP contribution in [-0.4, -0.2) is 47.8 Å². The van der Waals surface area contributed by atoms with Gasteiger partial charge in [-0.15, -0.1) is 0 Å². The Bertz CT molecular complexity index is 1080. The topological polar surface area (TPSA) is 71.5 Å². The van der Waals surface area contributed by atoms with Gasteiger partial charge in [0.05, 0.1) is 23.4 Å². The Morgan fingerprint density at radius 2 is 1.94 bits per heavy atom. The van der Waals surface area contributed by atoms with Crippen LogP contribution in [0.25, 0.3) is 10.2 Å². The summed E-state index contributed by atoms with van der Waals surface area (Å²) in [6, 6.07) is 11.4. The minimum Gasteiger partial charge on any atom is -0.494 e. The molecule has 8 heteroatoms. The third-order valence-electron chi connectivity index (χ3n) is 5.37. The fourth-order valence-electron chi connectivity index (χ4n) is 3.78. The number of carbonyl (C=O) groups is 2. The standard InChI is InChI=1S/C23H24FN3O3S/c1-2-30-18-7-8-19-20(13-18)31-23(25-19)26-21(28)14-27-11-9-16(10-12-27)22(29)15-3-5-17(24)6-4-15/h3-8,13,16H,2,9-12,14H2,1H3,(H,25,26,28). The number of likely N-dealkylation sites (tertiary alicyclic amines) is 1. The molecule has 1 aliphatic rings. The van der Waals surface area contributed by atoms with Crippen LogP contribution in [0.3, 0.4) is 0 Å².